The van der Waals surface area contributed by atoms with Crippen LogP contribution in [-0.4, -0.2) is 16.8 Å². The van der Waals surface area contributed by atoms with Crippen molar-refractivity contribution in [2.24, 2.45) is 0 Å². The molecule has 0 saturated heterocycles. The van der Waals surface area contributed by atoms with Gasteiger partial charge in [0.2, 0.25) is 0 Å². The van der Waals surface area contributed by atoms with Gasteiger partial charge in [-0.25, -0.2) is 0 Å². The number of rotatable bonds is 3. The molecule has 2 N–H and O–H groups in total. The summed E-state index contributed by atoms with van der Waals surface area (Å²) < 4.78 is 0. The summed E-state index contributed by atoms with van der Waals surface area (Å²) in [6, 6.07) is 15.9. The number of carbonyl (C=O) groups excluding carboxylic acids is 2. The molecule has 1 amide bonds. The Kier molecular flexibility index (Phi) is 3.99. The van der Waals surface area contributed by atoms with Gasteiger partial charge in [0.1, 0.15) is 0 Å². The Hall–Kier alpha value is -2.40. The Balaban J connectivity index is 1.73. The molecule has 0 aliphatic carbocycles. The van der Waals surface area contributed by atoms with Crippen molar-refractivity contribution in [3.05, 3.63) is 75.8 Å². The van der Waals surface area contributed by atoms with Crippen LogP contribution >= 0.6 is 23.2 Å². The molecule has 1 aliphatic heterocycles. The highest BCUT2D eigenvalue weighted by atomic mass is 35.5. The first kappa shape index (κ1) is 17.0. The molecule has 130 valence electrons. The lowest BCUT2D eigenvalue weighted by Crippen LogP contribution is -2.36. The molecule has 1 aliphatic rings. The Morgan fingerprint density at radius 1 is 1.00 bits per heavy atom. The zero-order valence-corrected chi connectivity index (χ0v) is 14.9. The van der Waals surface area contributed by atoms with Gasteiger partial charge in [0.25, 0.3) is 5.91 Å². The van der Waals surface area contributed by atoms with Gasteiger partial charge in [0, 0.05) is 16.1 Å². The summed E-state index contributed by atoms with van der Waals surface area (Å²) in [7, 11) is 0. The Morgan fingerprint density at radius 3 is 2.46 bits per heavy atom. The van der Waals surface area contributed by atoms with Crippen molar-refractivity contribution >= 4 is 51.4 Å². The van der Waals surface area contributed by atoms with Gasteiger partial charge in [-0.05, 0) is 29.0 Å². The van der Waals surface area contributed by atoms with E-state index < -0.39 is 17.9 Å². The van der Waals surface area contributed by atoms with Crippen LogP contribution in [0.1, 0.15) is 22.3 Å². The highest BCUT2D eigenvalue weighted by Gasteiger charge is 2.49. The van der Waals surface area contributed by atoms with Gasteiger partial charge in [0.15, 0.2) is 11.4 Å². The minimum Gasteiger partial charge on any atom is -0.375 e. The van der Waals surface area contributed by atoms with Crippen LogP contribution in [0.2, 0.25) is 10.0 Å². The third kappa shape index (κ3) is 2.58. The first-order valence-corrected chi connectivity index (χ1v) is 8.70. The number of aliphatic hydroxyl groups is 1. The van der Waals surface area contributed by atoms with Crippen LogP contribution in [0.5, 0.6) is 0 Å². The van der Waals surface area contributed by atoms with Crippen LogP contribution in [0.4, 0.5) is 5.69 Å². The van der Waals surface area contributed by atoms with Gasteiger partial charge in [-0.3, -0.25) is 9.59 Å². The number of nitrogens with one attached hydrogen (secondary N) is 1. The summed E-state index contributed by atoms with van der Waals surface area (Å²) in [5, 5.41) is 15.9. The van der Waals surface area contributed by atoms with Crippen molar-refractivity contribution in [3.8, 4) is 0 Å². The number of carbonyl (C=O) groups is 2. The fourth-order valence-electron chi connectivity index (χ4n) is 3.27. The van der Waals surface area contributed by atoms with Crippen molar-refractivity contribution in [1.82, 2.24) is 0 Å². The number of anilines is 1. The third-order valence-electron chi connectivity index (χ3n) is 4.62. The number of hydrogen-bond donors (Lipinski definition) is 2. The molecular weight excluding hydrogens is 373 g/mol. The Labute approximate surface area is 159 Å². The zero-order chi connectivity index (χ0) is 18.5. The van der Waals surface area contributed by atoms with Gasteiger partial charge in [-0.1, -0.05) is 59.6 Å². The topological polar surface area (TPSA) is 66.4 Å². The average molecular weight is 386 g/mol. The maximum absolute atomic E-state index is 12.8. The zero-order valence-electron chi connectivity index (χ0n) is 13.4. The molecule has 1 heterocycles. The first-order valence-electron chi connectivity index (χ1n) is 7.94. The maximum Gasteiger partial charge on any atom is 0.261 e. The SMILES string of the molecule is O=C(C[C@@]1(O)C(=O)Nc2c(Cl)ccc(Cl)c21)c1ccc2ccccc2c1. The molecule has 0 aromatic heterocycles. The molecule has 6 heteroatoms. The normalized spacial score (nSPS) is 18.7. The van der Waals surface area contributed by atoms with E-state index in [-0.39, 0.29) is 27.1 Å². The minimum absolute atomic E-state index is 0.144. The van der Waals surface area contributed by atoms with Crippen molar-refractivity contribution in [2.45, 2.75) is 12.0 Å². The van der Waals surface area contributed by atoms with Crippen molar-refractivity contribution < 1.29 is 14.7 Å². The standard InChI is InChI=1S/C20H13Cl2NO3/c21-14-7-8-15(22)18-17(14)20(26,19(25)23-18)10-16(24)13-6-5-11-3-1-2-4-12(11)9-13/h1-9,26H,10H2,(H,23,25)/t20-/m0/s1. The monoisotopic (exact) mass is 385 g/mol. The summed E-state index contributed by atoms with van der Waals surface area (Å²) in [5.74, 6) is -1.08. The van der Waals surface area contributed by atoms with Gasteiger partial charge in [-0.15, -0.1) is 0 Å². The van der Waals surface area contributed by atoms with Crippen LogP contribution in [0.3, 0.4) is 0 Å². The molecule has 0 saturated carbocycles. The van der Waals surface area contributed by atoms with Crippen LogP contribution in [0.15, 0.2) is 54.6 Å². The second kappa shape index (κ2) is 6.09. The van der Waals surface area contributed by atoms with E-state index in [4.69, 9.17) is 23.2 Å². The van der Waals surface area contributed by atoms with Crippen LogP contribution < -0.4 is 5.32 Å². The van der Waals surface area contributed by atoms with Crippen LogP contribution in [-0.2, 0) is 10.4 Å². The number of halogens is 2. The molecule has 3 aromatic carbocycles. The van der Waals surface area contributed by atoms with Crippen LogP contribution in [0.25, 0.3) is 10.8 Å². The van der Waals surface area contributed by atoms with Crippen molar-refractivity contribution in [1.29, 1.82) is 0 Å². The van der Waals surface area contributed by atoms with Gasteiger partial charge < -0.3 is 10.4 Å². The number of Topliss-reactive ketones (excluding diaryl/α,β-unsaturated/α-hetero) is 1. The molecule has 4 rings (SSSR count). The molecule has 1 atom stereocenters. The van der Waals surface area contributed by atoms with E-state index in [1.54, 1.807) is 12.1 Å². The summed E-state index contributed by atoms with van der Waals surface area (Å²) in [6.45, 7) is 0. The minimum atomic E-state index is -2.06. The predicted octanol–water partition coefficient (Wildman–Crippen LogP) is 4.56. The molecular formula is C20H13Cl2NO3. The number of amides is 1. The molecule has 0 unspecified atom stereocenters. The van der Waals surface area contributed by atoms with E-state index in [2.05, 4.69) is 5.32 Å². The average Bonchev–Trinajstić information content (AvgIpc) is 2.90. The van der Waals surface area contributed by atoms with Gasteiger partial charge in [0.05, 0.1) is 17.1 Å². The predicted molar refractivity (Wildman–Crippen MR) is 102 cm³/mol. The second-order valence-electron chi connectivity index (χ2n) is 6.26. The summed E-state index contributed by atoms with van der Waals surface area (Å²) in [4.78, 5) is 25.2. The largest absolute Gasteiger partial charge is 0.375 e. The molecule has 26 heavy (non-hydrogen) atoms. The van der Waals surface area contributed by atoms with Crippen LogP contribution in [0, 0.1) is 0 Å². The smallest absolute Gasteiger partial charge is 0.261 e. The molecule has 0 radical (unpaired) electrons. The lowest BCUT2D eigenvalue weighted by molar-refractivity contribution is -0.133. The number of benzene rings is 3. The molecule has 3 aromatic rings. The summed E-state index contributed by atoms with van der Waals surface area (Å²) in [6.07, 6.45) is -0.426. The van der Waals surface area contributed by atoms with E-state index in [1.807, 2.05) is 30.3 Å². The summed E-state index contributed by atoms with van der Waals surface area (Å²) in [5.41, 5.74) is -1.25. The lowest BCUT2D eigenvalue weighted by atomic mass is 9.87. The fourth-order valence-corrected chi connectivity index (χ4v) is 3.79. The molecule has 0 fully saturated rings. The molecule has 0 bridgehead atoms. The molecule has 4 nitrogen and oxygen atoms in total. The number of ketones is 1. The number of hydrogen-bond acceptors (Lipinski definition) is 3. The Bertz CT molecular complexity index is 1080. The highest BCUT2D eigenvalue weighted by Crippen LogP contribution is 2.46. The van der Waals surface area contributed by atoms with E-state index in [0.717, 1.165) is 10.8 Å². The van der Waals surface area contributed by atoms with Gasteiger partial charge in [-0.2, -0.15) is 0 Å². The van der Waals surface area contributed by atoms with E-state index in [9.17, 15) is 14.7 Å². The first-order chi connectivity index (χ1) is 12.4. The maximum atomic E-state index is 12.8. The fraction of sp³-hybridized carbons (Fsp3) is 0.100. The van der Waals surface area contributed by atoms with E-state index >= 15 is 0 Å². The second-order valence-corrected chi connectivity index (χ2v) is 7.07. The third-order valence-corrected chi connectivity index (χ3v) is 5.25. The lowest BCUT2D eigenvalue weighted by Gasteiger charge is -2.21. The molecule has 0 spiro atoms. The van der Waals surface area contributed by atoms with E-state index in [0.29, 0.717) is 5.56 Å². The quantitative estimate of drug-likeness (QED) is 0.649. The van der Waals surface area contributed by atoms with E-state index in [1.165, 1.54) is 12.1 Å². The summed E-state index contributed by atoms with van der Waals surface area (Å²) >= 11 is 12.3. The number of fused-ring (bicyclic) bond motifs is 2. The Morgan fingerprint density at radius 2 is 1.69 bits per heavy atom. The van der Waals surface area contributed by atoms with Crippen molar-refractivity contribution in [2.75, 3.05) is 5.32 Å². The van der Waals surface area contributed by atoms with Gasteiger partial charge >= 0.3 is 0 Å². The highest BCUT2D eigenvalue weighted by molar-refractivity contribution is 6.38. The van der Waals surface area contributed by atoms with Crippen molar-refractivity contribution in [3.63, 3.8) is 0 Å².